The number of benzene rings is 1. The summed E-state index contributed by atoms with van der Waals surface area (Å²) in [6.45, 7) is 0. The highest BCUT2D eigenvalue weighted by Gasteiger charge is 2.08. The largest absolute Gasteiger partial charge is 0.368 e. The smallest absolute Gasteiger partial charge is 0.162 e. The quantitative estimate of drug-likeness (QED) is 0.592. The van der Waals surface area contributed by atoms with Crippen LogP contribution in [0.3, 0.4) is 0 Å². The highest BCUT2D eigenvalue weighted by atomic mass is 35.5. The minimum Gasteiger partial charge on any atom is -0.368 e. The van der Waals surface area contributed by atoms with Crippen molar-refractivity contribution in [2.45, 2.75) is 5.37 Å². The molecule has 0 aromatic heterocycles. The molecule has 0 radical (unpaired) electrons. The second-order valence-electron chi connectivity index (χ2n) is 2.47. The van der Waals surface area contributed by atoms with Gasteiger partial charge in [0.2, 0.25) is 0 Å². The molecule has 0 aliphatic rings. The number of hydrogen-bond acceptors (Lipinski definition) is 3. The van der Waals surface area contributed by atoms with Crippen LogP contribution in [0.25, 0.3) is 0 Å². The maximum absolute atomic E-state index is 10.6. The Bertz CT molecular complexity index is 318. The third-order valence-corrected chi connectivity index (χ3v) is 2.85. The zero-order chi connectivity index (χ0) is 9.68. The molecule has 0 aliphatic heterocycles. The van der Waals surface area contributed by atoms with Gasteiger partial charge in [-0.05, 0) is 12.1 Å². The van der Waals surface area contributed by atoms with Crippen molar-refractivity contribution in [1.29, 1.82) is 0 Å². The summed E-state index contributed by atoms with van der Waals surface area (Å²) in [6.07, 6.45) is 0. The van der Waals surface area contributed by atoms with E-state index in [0.29, 0.717) is 0 Å². The topological polar surface area (TPSA) is 46.2 Å². The molecule has 1 atom stereocenters. The highest BCUT2D eigenvalue weighted by molar-refractivity contribution is 7.73. The fraction of sp³-hybridized carbons (Fsp3) is 0.250. The van der Waals surface area contributed by atoms with Gasteiger partial charge in [0.05, 0.1) is 5.88 Å². The van der Waals surface area contributed by atoms with Crippen molar-refractivity contribution in [3.63, 3.8) is 0 Å². The van der Waals surface area contributed by atoms with Crippen LogP contribution < -0.4 is 5.32 Å². The number of hydrogen-bond donors (Lipinski definition) is 2. The van der Waals surface area contributed by atoms with Gasteiger partial charge in [-0.25, -0.2) is 8.42 Å². The molecule has 3 nitrogen and oxygen atoms in total. The second kappa shape index (κ2) is 5.09. The molecule has 0 heterocycles. The van der Waals surface area contributed by atoms with Crippen molar-refractivity contribution in [1.82, 2.24) is 0 Å². The van der Waals surface area contributed by atoms with Crippen LogP contribution in [0, 0.1) is 0 Å². The number of alkyl halides is 1. The first-order valence-electron chi connectivity index (χ1n) is 3.75. The standard InChI is InChI=1S/C8H10ClNO2S/c9-6-8(13(11)12)10-7-4-2-1-3-5-7/h1-5,8,10,13H,6H2. The molecule has 1 rings (SSSR count). The first-order chi connectivity index (χ1) is 6.24. The van der Waals surface area contributed by atoms with E-state index in [1.807, 2.05) is 18.2 Å². The van der Waals surface area contributed by atoms with E-state index < -0.39 is 16.1 Å². The zero-order valence-electron chi connectivity index (χ0n) is 6.81. The molecule has 0 bridgehead atoms. The van der Waals surface area contributed by atoms with Crippen LogP contribution in [0.1, 0.15) is 0 Å². The summed E-state index contributed by atoms with van der Waals surface area (Å²) in [6, 6.07) is 9.09. The Morgan fingerprint density at radius 3 is 2.38 bits per heavy atom. The van der Waals surface area contributed by atoms with E-state index in [0.717, 1.165) is 5.69 Å². The Labute approximate surface area is 83.7 Å². The summed E-state index contributed by atoms with van der Waals surface area (Å²) < 4.78 is 21.2. The van der Waals surface area contributed by atoms with E-state index in [1.165, 1.54) is 0 Å². The summed E-state index contributed by atoms with van der Waals surface area (Å²) in [5, 5.41) is 2.10. The molecule has 1 N–H and O–H groups in total. The molecule has 0 saturated carbocycles. The van der Waals surface area contributed by atoms with Crippen LogP contribution >= 0.6 is 11.6 Å². The maximum atomic E-state index is 10.6. The van der Waals surface area contributed by atoms with Gasteiger partial charge in [0, 0.05) is 5.69 Å². The summed E-state index contributed by atoms with van der Waals surface area (Å²) in [4.78, 5) is 0. The summed E-state index contributed by atoms with van der Waals surface area (Å²) in [7, 11) is -2.53. The number of thiol groups is 1. The molecule has 1 aromatic carbocycles. The van der Waals surface area contributed by atoms with Crippen LogP contribution in [-0.4, -0.2) is 19.7 Å². The Hall–Kier alpha value is -0.740. The zero-order valence-corrected chi connectivity index (χ0v) is 8.46. The molecular formula is C8H10ClNO2S. The molecule has 13 heavy (non-hydrogen) atoms. The van der Waals surface area contributed by atoms with E-state index in [1.54, 1.807) is 12.1 Å². The average molecular weight is 220 g/mol. The monoisotopic (exact) mass is 219 g/mol. The Morgan fingerprint density at radius 1 is 1.31 bits per heavy atom. The summed E-state index contributed by atoms with van der Waals surface area (Å²) in [5.41, 5.74) is 0.757. The molecule has 0 spiro atoms. The molecule has 0 saturated heterocycles. The van der Waals surface area contributed by atoms with E-state index in [2.05, 4.69) is 5.32 Å². The van der Waals surface area contributed by atoms with Gasteiger partial charge >= 0.3 is 0 Å². The maximum Gasteiger partial charge on any atom is 0.162 e. The van der Waals surface area contributed by atoms with Crippen molar-refractivity contribution in [3.05, 3.63) is 30.3 Å². The van der Waals surface area contributed by atoms with Gasteiger partial charge in [-0.15, -0.1) is 11.6 Å². The molecule has 1 unspecified atom stereocenters. The Morgan fingerprint density at radius 2 is 1.92 bits per heavy atom. The van der Waals surface area contributed by atoms with Crippen LogP contribution in [0.4, 0.5) is 5.69 Å². The van der Waals surface area contributed by atoms with Crippen LogP contribution in [-0.2, 0) is 10.7 Å². The SMILES string of the molecule is O=[SH](=O)C(CCl)Nc1ccccc1. The predicted octanol–water partition coefficient (Wildman–Crippen LogP) is 1.27. The Kier molecular flexibility index (Phi) is 4.05. The van der Waals surface area contributed by atoms with Gasteiger partial charge in [-0.3, -0.25) is 0 Å². The molecule has 0 fully saturated rings. The lowest BCUT2D eigenvalue weighted by Crippen LogP contribution is -2.22. The van der Waals surface area contributed by atoms with E-state index >= 15 is 0 Å². The van der Waals surface area contributed by atoms with E-state index in [-0.39, 0.29) is 5.88 Å². The third kappa shape index (κ3) is 3.24. The van der Waals surface area contributed by atoms with Crippen molar-refractivity contribution < 1.29 is 8.42 Å². The van der Waals surface area contributed by atoms with Crippen molar-refractivity contribution >= 4 is 28.0 Å². The molecular weight excluding hydrogens is 210 g/mol. The van der Waals surface area contributed by atoms with Gasteiger partial charge in [-0.1, -0.05) is 18.2 Å². The number of halogens is 1. The molecule has 0 amide bonds. The third-order valence-electron chi connectivity index (χ3n) is 1.51. The lowest BCUT2D eigenvalue weighted by Gasteiger charge is -2.10. The van der Waals surface area contributed by atoms with E-state index in [4.69, 9.17) is 11.6 Å². The molecule has 5 heteroatoms. The highest BCUT2D eigenvalue weighted by Crippen LogP contribution is 2.07. The van der Waals surface area contributed by atoms with Crippen LogP contribution in [0.2, 0.25) is 0 Å². The van der Waals surface area contributed by atoms with Crippen LogP contribution in [0.5, 0.6) is 0 Å². The lowest BCUT2D eigenvalue weighted by atomic mass is 10.3. The second-order valence-corrected chi connectivity index (χ2v) is 3.97. The lowest BCUT2D eigenvalue weighted by molar-refractivity contribution is 0.608. The fourth-order valence-electron chi connectivity index (χ4n) is 0.874. The molecule has 1 aromatic rings. The van der Waals surface area contributed by atoms with Gasteiger partial charge in [0.25, 0.3) is 0 Å². The first-order valence-corrected chi connectivity index (χ1v) is 5.53. The number of nitrogens with one attached hydrogen (secondary N) is 1. The summed E-state index contributed by atoms with van der Waals surface area (Å²) >= 11 is 5.47. The van der Waals surface area contributed by atoms with Crippen molar-refractivity contribution in [2.75, 3.05) is 11.2 Å². The fourth-order valence-corrected chi connectivity index (χ4v) is 1.66. The number of rotatable bonds is 4. The number of anilines is 1. The van der Waals surface area contributed by atoms with E-state index in [9.17, 15) is 8.42 Å². The minimum atomic E-state index is -2.53. The normalized spacial score (nSPS) is 12.8. The summed E-state index contributed by atoms with van der Waals surface area (Å²) in [5.74, 6) is 0.0492. The predicted molar refractivity (Wildman–Crippen MR) is 54.9 cm³/mol. The van der Waals surface area contributed by atoms with Gasteiger partial charge in [0.1, 0.15) is 5.37 Å². The first kappa shape index (κ1) is 10.3. The van der Waals surface area contributed by atoms with Crippen molar-refractivity contribution in [3.8, 4) is 0 Å². The van der Waals surface area contributed by atoms with Gasteiger partial charge in [-0.2, -0.15) is 0 Å². The van der Waals surface area contributed by atoms with Crippen molar-refractivity contribution in [2.24, 2.45) is 0 Å². The van der Waals surface area contributed by atoms with Gasteiger partial charge < -0.3 is 5.32 Å². The average Bonchev–Trinajstić information content (AvgIpc) is 2.15. The molecule has 72 valence electrons. The van der Waals surface area contributed by atoms with Gasteiger partial charge in [0.15, 0.2) is 10.7 Å². The minimum absolute atomic E-state index is 0.0492. The molecule has 0 aliphatic carbocycles. The number of para-hydroxylation sites is 1. The Balaban J connectivity index is 2.68. The van der Waals surface area contributed by atoms with Crippen LogP contribution in [0.15, 0.2) is 30.3 Å².